The molecule has 0 heterocycles. The topological polar surface area (TPSA) is 17.1 Å². The fraction of sp³-hybridized carbons (Fsp3) is 1.00. The van der Waals surface area contributed by atoms with Crippen LogP contribution in [0.15, 0.2) is 0 Å². The quantitative estimate of drug-likeness (QED) is 0.264. The summed E-state index contributed by atoms with van der Waals surface area (Å²) in [6.07, 6.45) is 1.49. The summed E-state index contributed by atoms with van der Waals surface area (Å²) >= 11 is 0.500. The van der Waals surface area contributed by atoms with Gasteiger partial charge in [-0.25, -0.2) is 0 Å². The van der Waals surface area contributed by atoms with E-state index in [1.165, 1.54) is 6.26 Å². The fourth-order valence-corrected chi connectivity index (χ4v) is 0. The van der Waals surface area contributed by atoms with Crippen LogP contribution in [0.1, 0.15) is 0 Å². The van der Waals surface area contributed by atoms with Crippen LogP contribution in [-0.2, 0) is 15.9 Å². The molecule has 0 aliphatic carbocycles. The minimum atomic E-state index is 0. The van der Waals surface area contributed by atoms with Crippen molar-refractivity contribution < 1.29 is 4.21 Å². The largest absolute Gasteiger partial charge is 0.455 e. The molecule has 0 aromatic heterocycles. The summed E-state index contributed by atoms with van der Waals surface area (Å²) in [6.45, 7) is 0. The van der Waals surface area contributed by atoms with Crippen molar-refractivity contribution in [1.29, 1.82) is 0 Å². The van der Waals surface area contributed by atoms with Crippen LogP contribution < -0.4 is 0 Å². The second kappa shape index (κ2) is 11.4. The first-order valence-corrected chi connectivity index (χ1v) is 1.72. The molecule has 0 saturated carbocycles. The van der Waals surface area contributed by atoms with E-state index in [9.17, 15) is 0 Å². The minimum Gasteiger partial charge on any atom is 0.0354 e. The zero-order chi connectivity index (χ0) is 2.71. The van der Waals surface area contributed by atoms with Gasteiger partial charge in [-0.2, -0.15) is 0 Å². The van der Waals surface area contributed by atoms with E-state index in [2.05, 4.69) is 0 Å². The van der Waals surface area contributed by atoms with Crippen molar-refractivity contribution in [3.63, 3.8) is 0 Å². The van der Waals surface area contributed by atoms with Gasteiger partial charge in [-0.15, -0.1) is 0 Å². The SMILES string of the molecule is B.C[S+]=O. The van der Waals surface area contributed by atoms with Crippen LogP contribution in [-0.4, -0.2) is 14.7 Å². The Labute approximate surface area is 31.5 Å². The molecule has 0 N–H and O–H groups in total. The number of hydrogen-bond acceptors (Lipinski definition) is 1. The molecule has 0 rings (SSSR count). The molecular formula is CH6BOS+. The lowest BCUT2D eigenvalue weighted by atomic mass is 10.8. The molecule has 0 aromatic rings. The van der Waals surface area contributed by atoms with Crippen LogP contribution >= 0.6 is 0 Å². The molecule has 0 amide bonds. The Balaban J connectivity index is 0. The van der Waals surface area contributed by atoms with Crippen LogP contribution in [0.4, 0.5) is 0 Å². The van der Waals surface area contributed by atoms with Gasteiger partial charge in [0.25, 0.3) is 0 Å². The molecule has 0 spiro atoms. The smallest absolute Gasteiger partial charge is 0.0354 e. The first kappa shape index (κ1) is 8.94. The zero-order valence-corrected chi connectivity index (χ0v) is 2.63. The first-order chi connectivity index (χ1) is 1.41. The van der Waals surface area contributed by atoms with E-state index >= 15 is 0 Å². The van der Waals surface area contributed by atoms with Crippen LogP contribution in [0, 0.1) is 0 Å². The molecule has 4 heavy (non-hydrogen) atoms. The van der Waals surface area contributed by atoms with Crippen molar-refractivity contribution in [1.82, 2.24) is 0 Å². The molecule has 0 aliphatic rings. The van der Waals surface area contributed by atoms with Gasteiger partial charge < -0.3 is 0 Å². The summed E-state index contributed by atoms with van der Waals surface area (Å²) in [6, 6.07) is 0. The average Bonchev–Trinajstić information content (AvgIpc) is 0.918. The highest BCUT2D eigenvalue weighted by Crippen LogP contribution is 1.14. The number of hydrogen-bond donors (Lipinski definition) is 0. The molecule has 0 saturated heterocycles. The predicted molar refractivity (Wildman–Crippen MR) is 23.9 cm³/mol. The van der Waals surface area contributed by atoms with Gasteiger partial charge >= 0.3 is 11.7 Å². The first-order valence-electron chi connectivity index (χ1n) is 0.575. The highest BCUT2D eigenvalue weighted by Gasteiger charge is 1.54. The van der Waals surface area contributed by atoms with Gasteiger partial charge in [-0.1, -0.05) is 0 Å². The maximum Gasteiger partial charge on any atom is 0.455 e. The molecule has 1 nitrogen and oxygen atoms in total. The molecule has 0 fully saturated rings. The van der Waals surface area contributed by atoms with E-state index in [0.29, 0.717) is 11.7 Å². The van der Waals surface area contributed by atoms with Gasteiger partial charge in [-0.05, 0) is 0 Å². The second-order valence-corrected chi connectivity index (χ2v) is 0.500. The van der Waals surface area contributed by atoms with E-state index in [1.807, 2.05) is 0 Å². The van der Waals surface area contributed by atoms with Gasteiger partial charge in [0.1, 0.15) is 0 Å². The third kappa shape index (κ3) is 340. The van der Waals surface area contributed by atoms with Crippen molar-refractivity contribution in [3.05, 3.63) is 0 Å². The zero-order valence-electron chi connectivity index (χ0n) is 1.82. The Morgan fingerprint density at radius 3 is 1.75 bits per heavy atom. The van der Waals surface area contributed by atoms with Crippen molar-refractivity contribution in [2.45, 2.75) is 0 Å². The van der Waals surface area contributed by atoms with E-state index in [1.54, 1.807) is 0 Å². The predicted octanol–water partition coefficient (Wildman–Crippen LogP) is -1.14. The van der Waals surface area contributed by atoms with E-state index in [4.69, 9.17) is 4.21 Å². The lowest BCUT2D eigenvalue weighted by Crippen LogP contribution is -1.32. The lowest BCUT2D eigenvalue weighted by molar-refractivity contribution is 0.607. The highest BCUT2D eigenvalue weighted by atomic mass is 32.1. The molecule has 0 unspecified atom stereocenters. The highest BCUT2D eigenvalue weighted by molar-refractivity contribution is 7.64. The van der Waals surface area contributed by atoms with Crippen molar-refractivity contribution in [2.24, 2.45) is 0 Å². The molecular weight excluding hydrogens is 70.9 g/mol. The molecule has 0 radical (unpaired) electrons. The Bertz CT molecular complexity index is 15.5. The normalized spacial score (nSPS) is 3.25. The third-order valence-electron chi connectivity index (χ3n) is 0. The Kier molecular flexibility index (Phi) is 25.5. The lowest BCUT2D eigenvalue weighted by Gasteiger charge is -0.931. The van der Waals surface area contributed by atoms with Crippen LogP contribution in [0.25, 0.3) is 0 Å². The van der Waals surface area contributed by atoms with Crippen LogP contribution in [0.2, 0.25) is 0 Å². The Hall–Kier alpha value is 0.0849. The summed E-state index contributed by atoms with van der Waals surface area (Å²) in [5.41, 5.74) is 0. The summed E-state index contributed by atoms with van der Waals surface area (Å²) in [4.78, 5) is 0. The van der Waals surface area contributed by atoms with Gasteiger partial charge in [-0.3, -0.25) is 0 Å². The van der Waals surface area contributed by atoms with Gasteiger partial charge in [0, 0.05) is 4.21 Å². The number of rotatable bonds is 0. The molecule has 0 aliphatic heterocycles. The van der Waals surface area contributed by atoms with Gasteiger partial charge in [0.2, 0.25) is 6.26 Å². The fourth-order valence-electron chi connectivity index (χ4n) is 0. The van der Waals surface area contributed by atoms with E-state index < -0.39 is 0 Å². The van der Waals surface area contributed by atoms with Crippen molar-refractivity contribution in [2.75, 3.05) is 6.26 Å². The van der Waals surface area contributed by atoms with Crippen LogP contribution in [0.3, 0.4) is 0 Å². The van der Waals surface area contributed by atoms with Gasteiger partial charge in [0.15, 0.2) is 0 Å². The molecule has 0 atom stereocenters. The van der Waals surface area contributed by atoms with Crippen LogP contribution in [0.5, 0.6) is 0 Å². The van der Waals surface area contributed by atoms with E-state index in [-0.39, 0.29) is 8.41 Å². The summed E-state index contributed by atoms with van der Waals surface area (Å²) in [5.74, 6) is 0. The monoisotopic (exact) mass is 77.0 g/mol. The molecule has 24 valence electrons. The van der Waals surface area contributed by atoms with Crippen molar-refractivity contribution in [3.8, 4) is 0 Å². The van der Waals surface area contributed by atoms with Crippen molar-refractivity contribution >= 4 is 20.1 Å². The molecule has 0 bridgehead atoms. The average molecular weight is 76.9 g/mol. The standard InChI is InChI=1S/CH3OS.BH3/c1-3-2;/h1H3;1H3/q+1;. The second-order valence-electron chi connectivity index (χ2n) is 0.167. The summed E-state index contributed by atoms with van der Waals surface area (Å²) in [5, 5.41) is 0. The molecule has 3 heteroatoms. The summed E-state index contributed by atoms with van der Waals surface area (Å²) in [7, 11) is 0. The minimum absolute atomic E-state index is 0. The maximum absolute atomic E-state index is 8.85. The van der Waals surface area contributed by atoms with Gasteiger partial charge in [0.05, 0.1) is 8.41 Å². The van der Waals surface area contributed by atoms with E-state index in [0.717, 1.165) is 0 Å². The Morgan fingerprint density at radius 1 is 1.75 bits per heavy atom. The summed E-state index contributed by atoms with van der Waals surface area (Å²) < 4.78 is 8.85. The molecule has 0 aromatic carbocycles. The third-order valence-corrected chi connectivity index (χ3v) is 0. The maximum atomic E-state index is 8.85. The Morgan fingerprint density at radius 2 is 1.75 bits per heavy atom.